The van der Waals surface area contributed by atoms with Crippen LogP contribution in [0.1, 0.15) is 26.0 Å². The van der Waals surface area contributed by atoms with E-state index in [1.807, 2.05) is 25.2 Å². The molecular weight excluding hydrogens is 224 g/mol. The van der Waals surface area contributed by atoms with Crippen LogP contribution < -0.4 is 5.32 Å². The van der Waals surface area contributed by atoms with Gasteiger partial charge in [-0.25, -0.2) is 0 Å². The molecule has 0 bridgehead atoms. The van der Waals surface area contributed by atoms with E-state index >= 15 is 0 Å². The van der Waals surface area contributed by atoms with Gasteiger partial charge in [0.25, 0.3) is 0 Å². The molecule has 0 saturated heterocycles. The summed E-state index contributed by atoms with van der Waals surface area (Å²) in [5.74, 6) is 0. The van der Waals surface area contributed by atoms with E-state index in [2.05, 4.69) is 41.5 Å². The molecule has 0 aliphatic heterocycles. The first-order valence-electron chi connectivity index (χ1n) is 6.39. The maximum absolute atomic E-state index is 4.45. The van der Waals surface area contributed by atoms with Crippen LogP contribution in [-0.4, -0.2) is 21.0 Å². The normalized spacial score (nSPS) is 12.6. The van der Waals surface area contributed by atoms with Crippen molar-refractivity contribution in [2.45, 2.75) is 32.9 Å². The van der Waals surface area contributed by atoms with Crippen molar-refractivity contribution < 1.29 is 0 Å². The van der Waals surface area contributed by atoms with Crippen LogP contribution in [0.25, 0.3) is 11.3 Å². The van der Waals surface area contributed by atoms with Crippen molar-refractivity contribution >= 4 is 0 Å². The van der Waals surface area contributed by atoms with Gasteiger partial charge in [-0.2, -0.15) is 15.0 Å². The van der Waals surface area contributed by atoms with Gasteiger partial charge >= 0.3 is 0 Å². The van der Waals surface area contributed by atoms with Crippen molar-refractivity contribution in [3.05, 3.63) is 36.0 Å². The highest BCUT2D eigenvalue weighted by Crippen LogP contribution is 2.19. The van der Waals surface area contributed by atoms with Crippen molar-refractivity contribution in [3.8, 4) is 11.3 Å². The average molecular weight is 244 g/mol. The van der Waals surface area contributed by atoms with E-state index in [0.717, 1.165) is 29.9 Å². The van der Waals surface area contributed by atoms with Crippen molar-refractivity contribution in [2.75, 3.05) is 0 Å². The van der Waals surface area contributed by atoms with Gasteiger partial charge in [-0.05, 0) is 13.3 Å². The second-order valence-electron chi connectivity index (χ2n) is 4.54. The number of hydrogen-bond donors (Lipinski definition) is 1. The SMILES string of the molecule is CC[C@@H](C)NCc1nn(C)nc1-c1ccccc1. The quantitative estimate of drug-likeness (QED) is 0.878. The molecule has 96 valence electrons. The molecule has 0 amide bonds. The third-order valence-electron chi connectivity index (χ3n) is 3.06. The maximum Gasteiger partial charge on any atom is 0.117 e. The van der Waals surface area contributed by atoms with Gasteiger partial charge in [0.05, 0.1) is 0 Å². The molecule has 0 spiro atoms. The van der Waals surface area contributed by atoms with E-state index in [4.69, 9.17) is 0 Å². The molecule has 0 radical (unpaired) electrons. The minimum atomic E-state index is 0.496. The second kappa shape index (κ2) is 5.78. The number of benzene rings is 1. The molecule has 0 fully saturated rings. The van der Waals surface area contributed by atoms with Crippen LogP contribution in [0, 0.1) is 0 Å². The monoisotopic (exact) mass is 244 g/mol. The van der Waals surface area contributed by atoms with Crippen LogP contribution in [0.5, 0.6) is 0 Å². The number of aromatic nitrogens is 3. The van der Waals surface area contributed by atoms with Gasteiger partial charge in [-0.1, -0.05) is 37.3 Å². The Kier molecular flexibility index (Phi) is 4.10. The van der Waals surface area contributed by atoms with Crippen LogP contribution in [0.15, 0.2) is 30.3 Å². The predicted octanol–water partition coefficient (Wildman–Crippen LogP) is 2.37. The van der Waals surface area contributed by atoms with Crippen molar-refractivity contribution in [1.29, 1.82) is 0 Å². The molecule has 1 heterocycles. The van der Waals surface area contributed by atoms with Crippen LogP contribution in [0.2, 0.25) is 0 Å². The Morgan fingerprint density at radius 2 is 1.94 bits per heavy atom. The fourth-order valence-electron chi connectivity index (χ4n) is 1.80. The molecule has 2 rings (SSSR count). The lowest BCUT2D eigenvalue weighted by molar-refractivity contribution is 0.524. The summed E-state index contributed by atoms with van der Waals surface area (Å²) < 4.78 is 0. The van der Waals surface area contributed by atoms with Crippen LogP contribution in [0.3, 0.4) is 0 Å². The van der Waals surface area contributed by atoms with Gasteiger partial charge in [0.15, 0.2) is 0 Å². The lowest BCUT2D eigenvalue weighted by atomic mass is 10.1. The molecule has 1 aromatic heterocycles. The first kappa shape index (κ1) is 12.8. The number of nitrogens with zero attached hydrogens (tertiary/aromatic N) is 3. The summed E-state index contributed by atoms with van der Waals surface area (Å²) >= 11 is 0. The van der Waals surface area contributed by atoms with E-state index in [0.29, 0.717) is 6.04 Å². The highest BCUT2D eigenvalue weighted by Gasteiger charge is 2.12. The molecule has 4 nitrogen and oxygen atoms in total. The maximum atomic E-state index is 4.45. The van der Waals surface area contributed by atoms with Crippen molar-refractivity contribution in [2.24, 2.45) is 7.05 Å². The minimum Gasteiger partial charge on any atom is -0.309 e. The van der Waals surface area contributed by atoms with Crippen molar-refractivity contribution in [3.63, 3.8) is 0 Å². The molecule has 4 heteroatoms. The Morgan fingerprint density at radius 3 is 2.61 bits per heavy atom. The summed E-state index contributed by atoms with van der Waals surface area (Å²) in [6.07, 6.45) is 1.11. The molecule has 0 saturated carbocycles. The Bertz CT molecular complexity index is 490. The summed E-state index contributed by atoms with van der Waals surface area (Å²) in [4.78, 5) is 1.63. The first-order valence-corrected chi connectivity index (χ1v) is 6.39. The van der Waals surface area contributed by atoms with E-state index in [9.17, 15) is 0 Å². The molecule has 0 aliphatic carbocycles. The van der Waals surface area contributed by atoms with Gasteiger partial charge in [-0.15, -0.1) is 0 Å². The zero-order chi connectivity index (χ0) is 13.0. The third kappa shape index (κ3) is 2.96. The zero-order valence-electron chi connectivity index (χ0n) is 11.2. The summed E-state index contributed by atoms with van der Waals surface area (Å²) in [5, 5.41) is 12.3. The predicted molar refractivity (Wildman–Crippen MR) is 73.0 cm³/mol. The fourth-order valence-corrected chi connectivity index (χ4v) is 1.80. The Labute approximate surface area is 108 Å². The molecule has 18 heavy (non-hydrogen) atoms. The smallest absolute Gasteiger partial charge is 0.117 e. The summed E-state index contributed by atoms with van der Waals surface area (Å²) in [6, 6.07) is 10.7. The number of hydrogen-bond acceptors (Lipinski definition) is 3. The van der Waals surface area contributed by atoms with Gasteiger partial charge in [-0.3, -0.25) is 0 Å². The van der Waals surface area contributed by atoms with Gasteiger partial charge in [0.2, 0.25) is 0 Å². The molecule has 0 aliphatic rings. The highest BCUT2D eigenvalue weighted by atomic mass is 15.5. The lowest BCUT2D eigenvalue weighted by Gasteiger charge is -2.09. The molecular formula is C14H20N4. The first-order chi connectivity index (χ1) is 8.70. The molecule has 2 aromatic rings. The third-order valence-corrected chi connectivity index (χ3v) is 3.06. The Balaban J connectivity index is 2.21. The standard InChI is InChI=1S/C14H20N4/c1-4-11(2)15-10-13-14(17-18(3)16-13)12-8-6-5-7-9-12/h5-9,11,15H,4,10H2,1-3H3/t11-/m1/s1. The summed E-state index contributed by atoms with van der Waals surface area (Å²) in [6.45, 7) is 5.11. The average Bonchev–Trinajstić information content (AvgIpc) is 2.78. The second-order valence-corrected chi connectivity index (χ2v) is 4.54. The molecule has 1 N–H and O–H groups in total. The number of aryl methyl sites for hydroxylation is 1. The molecule has 1 atom stereocenters. The Morgan fingerprint density at radius 1 is 1.22 bits per heavy atom. The van der Waals surface area contributed by atoms with Crippen LogP contribution in [-0.2, 0) is 13.6 Å². The molecule has 0 unspecified atom stereocenters. The lowest BCUT2D eigenvalue weighted by Crippen LogP contribution is -2.25. The van der Waals surface area contributed by atoms with Crippen LogP contribution >= 0.6 is 0 Å². The number of nitrogens with one attached hydrogen (secondary N) is 1. The number of rotatable bonds is 5. The van der Waals surface area contributed by atoms with Crippen molar-refractivity contribution in [1.82, 2.24) is 20.3 Å². The van der Waals surface area contributed by atoms with E-state index in [1.54, 1.807) is 4.80 Å². The van der Waals surface area contributed by atoms with E-state index in [-0.39, 0.29) is 0 Å². The Hall–Kier alpha value is -1.68. The summed E-state index contributed by atoms with van der Waals surface area (Å²) in [7, 11) is 1.86. The minimum absolute atomic E-state index is 0.496. The van der Waals surface area contributed by atoms with Crippen LogP contribution in [0.4, 0.5) is 0 Å². The summed E-state index contributed by atoms with van der Waals surface area (Å²) in [5.41, 5.74) is 3.09. The van der Waals surface area contributed by atoms with Gasteiger partial charge in [0.1, 0.15) is 11.4 Å². The zero-order valence-corrected chi connectivity index (χ0v) is 11.2. The highest BCUT2D eigenvalue weighted by molar-refractivity contribution is 5.60. The largest absolute Gasteiger partial charge is 0.309 e. The van der Waals surface area contributed by atoms with Gasteiger partial charge in [0, 0.05) is 25.2 Å². The van der Waals surface area contributed by atoms with E-state index < -0.39 is 0 Å². The fraction of sp³-hybridized carbons (Fsp3) is 0.429. The van der Waals surface area contributed by atoms with Gasteiger partial charge < -0.3 is 5.32 Å². The van der Waals surface area contributed by atoms with E-state index in [1.165, 1.54) is 0 Å². The topological polar surface area (TPSA) is 42.7 Å². The molecule has 1 aromatic carbocycles.